The van der Waals surface area contributed by atoms with E-state index in [1.165, 1.54) is 0 Å². The molecule has 2 rings (SSSR count). The normalized spacial score (nSPS) is 11.1. The SMILES string of the molecule is CC(CC(=O)Nc1cccc(Cl)c1Cl)=NNC(=O)c1ccccc1N. The molecular formula is C17H16Cl2N4O2. The van der Waals surface area contributed by atoms with Gasteiger partial charge in [-0.2, -0.15) is 5.10 Å². The first kappa shape index (κ1) is 18.8. The van der Waals surface area contributed by atoms with Crippen molar-refractivity contribution >= 4 is 52.1 Å². The van der Waals surface area contributed by atoms with E-state index in [2.05, 4.69) is 15.8 Å². The molecule has 0 aliphatic heterocycles. The molecule has 130 valence electrons. The van der Waals surface area contributed by atoms with Crippen LogP contribution in [0.2, 0.25) is 10.0 Å². The molecule has 0 unspecified atom stereocenters. The predicted octanol–water partition coefficient (Wildman–Crippen LogP) is 3.71. The van der Waals surface area contributed by atoms with Crippen LogP contribution in [0, 0.1) is 0 Å². The number of carbonyl (C=O) groups excluding carboxylic acids is 2. The van der Waals surface area contributed by atoms with Crippen LogP contribution in [0.15, 0.2) is 47.6 Å². The van der Waals surface area contributed by atoms with Crippen molar-refractivity contribution in [3.05, 3.63) is 58.1 Å². The molecule has 0 saturated heterocycles. The van der Waals surface area contributed by atoms with Crippen LogP contribution in [-0.4, -0.2) is 17.5 Å². The first-order valence-electron chi connectivity index (χ1n) is 7.30. The number of benzene rings is 2. The molecule has 4 N–H and O–H groups in total. The van der Waals surface area contributed by atoms with E-state index in [-0.39, 0.29) is 17.4 Å². The minimum Gasteiger partial charge on any atom is -0.398 e. The van der Waals surface area contributed by atoms with Crippen LogP contribution in [-0.2, 0) is 4.79 Å². The summed E-state index contributed by atoms with van der Waals surface area (Å²) in [6.07, 6.45) is -0.0204. The van der Waals surface area contributed by atoms with Gasteiger partial charge in [0.05, 0.1) is 27.7 Å². The van der Waals surface area contributed by atoms with Gasteiger partial charge in [-0.15, -0.1) is 0 Å². The Balaban J connectivity index is 1.94. The zero-order chi connectivity index (χ0) is 18.4. The van der Waals surface area contributed by atoms with E-state index in [0.717, 1.165) is 0 Å². The van der Waals surface area contributed by atoms with E-state index in [1.807, 2.05) is 0 Å². The molecule has 0 aliphatic rings. The highest BCUT2D eigenvalue weighted by atomic mass is 35.5. The highest BCUT2D eigenvalue weighted by Gasteiger charge is 2.11. The van der Waals surface area contributed by atoms with Gasteiger partial charge in [0.1, 0.15) is 0 Å². The van der Waals surface area contributed by atoms with E-state index in [4.69, 9.17) is 28.9 Å². The van der Waals surface area contributed by atoms with Gasteiger partial charge in [0.25, 0.3) is 5.91 Å². The number of amides is 2. The van der Waals surface area contributed by atoms with Crippen molar-refractivity contribution in [2.75, 3.05) is 11.1 Å². The fourth-order valence-corrected chi connectivity index (χ4v) is 2.32. The average molecular weight is 379 g/mol. The van der Waals surface area contributed by atoms with Crippen molar-refractivity contribution in [2.24, 2.45) is 5.10 Å². The molecule has 6 nitrogen and oxygen atoms in total. The van der Waals surface area contributed by atoms with Gasteiger partial charge in [-0.05, 0) is 31.2 Å². The zero-order valence-electron chi connectivity index (χ0n) is 13.3. The van der Waals surface area contributed by atoms with Gasteiger partial charge in [0.2, 0.25) is 5.91 Å². The first-order chi connectivity index (χ1) is 11.9. The van der Waals surface area contributed by atoms with Gasteiger partial charge in [-0.3, -0.25) is 9.59 Å². The number of nitrogen functional groups attached to an aromatic ring is 1. The lowest BCUT2D eigenvalue weighted by molar-refractivity contribution is -0.115. The summed E-state index contributed by atoms with van der Waals surface area (Å²) in [4.78, 5) is 24.0. The maximum Gasteiger partial charge on any atom is 0.273 e. The number of hydrazone groups is 1. The summed E-state index contributed by atoms with van der Waals surface area (Å²) in [5.74, 6) is -0.783. The third-order valence-corrected chi connectivity index (χ3v) is 4.01. The molecule has 25 heavy (non-hydrogen) atoms. The van der Waals surface area contributed by atoms with E-state index in [9.17, 15) is 9.59 Å². The molecule has 0 aliphatic carbocycles. The lowest BCUT2D eigenvalue weighted by Crippen LogP contribution is -2.22. The summed E-state index contributed by atoms with van der Waals surface area (Å²) < 4.78 is 0. The summed E-state index contributed by atoms with van der Waals surface area (Å²) in [6, 6.07) is 11.6. The molecule has 0 radical (unpaired) electrons. The largest absolute Gasteiger partial charge is 0.398 e. The molecule has 0 bridgehead atoms. The number of hydrogen-bond donors (Lipinski definition) is 3. The fraction of sp³-hybridized carbons (Fsp3) is 0.118. The Morgan fingerprint density at radius 3 is 2.56 bits per heavy atom. The Bertz CT molecular complexity index is 837. The van der Waals surface area contributed by atoms with Crippen LogP contribution in [0.4, 0.5) is 11.4 Å². The van der Waals surface area contributed by atoms with Crippen molar-refractivity contribution < 1.29 is 9.59 Å². The third-order valence-electron chi connectivity index (χ3n) is 3.20. The second kappa shape index (κ2) is 8.50. The topological polar surface area (TPSA) is 96.6 Å². The van der Waals surface area contributed by atoms with Gasteiger partial charge in [-0.1, -0.05) is 41.4 Å². The summed E-state index contributed by atoms with van der Waals surface area (Å²) in [6.45, 7) is 1.62. The Labute approximate surface area is 155 Å². The summed E-state index contributed by atoms with van der Waals surface area (Å²) >= 11 is 11.9. The average Bonchev–Trinajstić information content (AvgIpc) is 2.57. The van der Waals surface area contributed by atoms with Crippen LogP contribution in [0.5, 0.6) is 0 Å². The van der Waals surface area contributed by atoms with Gasteiger partial charge in [-0.25, -0.2) is 5.43 Å². The van der Waals surface area contributed by atoms with Crippen molar-refractivity contribution in [3.8, 4) is 0 Å². The number of carbonyl (C=O) groups is 2. The van der Waals surface area contributed by atoms with Gasteiger partial charge in [0.15, 0.2) is 0 Å². The smallest absolute Gasteiger partial charge is 0.273 e. The van der Waals surface area contributed by atoms with Crippen LogP contribution in [0.1, 0.15) is 23.7 Å². The van der Waals surface area contributed by atoms with Crippen molar-refractivity contribution in [3.63, 3.8) is 0 Å². The number of halogens is 2. The molecule has 0 atom stereocenters. The second-order valence-electron chi connectivity index (χ2n) is 5.20. The molecule has 2 amide bonds. The van der Waals surface area contributed by atoms with E-state index < -0.39 is 5.91 Å². The standard InChI is InChI=1S/C17H16Cl2N4O2/c1-10(22-23-17(25)11-5-2-3-7-13(11)20)9-15(24)21-14-8-4-6-12(18)16(14)19/h2-8H,9,20H2,1H3,(H,21,24)(H,23,25). The third kappa shape index (κ3) is 5.20. The Morgan fingerprint density at radius 1 is 1.12 bits per heavy atom. The van der Waals surface area contributed by atoms with Crippen molar-refractivity contribution in [1.82, 2.24) is 5.43 Å². The van der Waals surface area contributed by atoms with Crippen LogP contribution >= 0.6 is 23.2 Å². The molecular weight excluding hydrogens is 363 g/mol. The van der Waals surface area contributed by atoms with Gasteiger partial charge >= 0.3 is 0 Å². The molecule has 2 aromatic carbocycles. The Hall–Kier alpha value is -2.57. The van der Waals surface area contributed by atoms with E-state index in [1.54, 1.807) is 49.4 Å². The molecule has 0 fully saturated rings. The molecule has 0 heterocycles. The van der Waals surface area contributed by atoms with E-state index >= 15 is 0 Å². The maximum absolute atomic E-state index is 12.0. The molecule has 8 heteroatoms. The molecule has 0 aromatic heterocycles. The number of rotatable bonds is 5. The highest BCUT2D eigenvalue weighted by molar-refractivity contribution is 6.44. The minimum absolute atomic E-state index is 0.0204. The van der Waals surface area contributed by atoms with Crippen LogP contribution < -0.4 is 16.5 Å². The number of nitrogens with two attached hydrogens (primary N) is 1. The van der Waals surface area contributed by atoms with Gasteiger partial charge < -0.3 is 11.1 Å². The fourth-order valence-electron chi connectivity index (χ4n) is 1.98. The lowest BCUT2D eigenvalue weighted by atomic mass is 10.2. The maximum atomic E-state index is 12.0. The predicted molar refractivity (Wildman–Crippen MR) is 101 cm³/mol. The van der Waals surface area contributed by atoms with Crippen molar-refractivity contribution in [1.29, 1.82) is 0 Å². The summed E-state index contributed by atoms with van der Waals surface area (Å²) in [5.41, 5.74) is 9.58. The minimum atomic E-state index is -0.448. The molecule has 0 saturated carbocycles. The number of hydrogen-bond acceptors (Lipinski definition) is 4. The highest BCUT2D eigenvalue weighted by Crippen LogP contribution is 2.29. The summed E-state index contributed by atoms with van der Waals surface area (Å²) in [7, 11) is 0. The van der Waals surface area contributed by atoms with Crippen LogP contribution in [0.25, 0.3) is 0 Å². The van der Waals surface area contributed by atoms with Crippen LogP contribution in [0.3, 0.4) is 0 Å². The van der Waals surface area contributed by atoms with Crippen molar-refractivity contribution in [2.45, 2.75) is 13.3 Å². The first-order valence-corrected chi connectivity index (χ1v) is 8.06. The number of para-hydroxylation sites is 1. The quantitative estimate of drug-likeness (QED) is 0.420. The Morgan fingerprint density at radius 2 is 1.84 bits per heavy atom. The second-order valence-corrected chi connectivity index (χ2v) is 5.99. The molecule has 2 aromatic rings. The number of anilines is 2. The monoisotopic (exact) mass is 378 g/mol. The Kier molecular flexibility index (Phi) is 6.38. The van der Waals surface area contributed by atoms with E-state index in [0.29, 0.717) is 27.7 Å². The lowest BCUT2D eigenvalue weighted by Gasteiger charge is -2.08. The summed E-state index contributed by atoms with van der Waals surface area (Å²) in [5, 5.41) is 7.16. The van der Waals surface area contributed by atoms with Gasteiger partial charge in [0, 0.05) is 11.4 Å². The number of nitrogens with one attached hydrogen (secondary N) is 2. The zero-order valence-corrected chi connectivity index (χ0v) is 14.9. The molecule has 0 spiro atoms. The number of nitrogens with zero attached hydrogens (tertiary/aromatic N) is 1.